The van der Waals surface area contributed by atoms with Crippen molar-refractivity contribution >= 4 is 36.0 Å². The van der Waals surface area contributed by atoms with Crippen molar-refractivity contribution in [3.8, 4) is 0 Å². The van der Waals surface area contributed by atoms with Gasteiger partial charge in [0.2, 0.25) is 5.89 Å². The number of halogens is 1. The minimum absolute atomic E-state index is 0. The van der Waals surface area contributed by atoms with E-state index >= 15 is 0 Å². The van der Waals surface area contributed by atoms with Gasteiger partial charge >= 0.3 is 6.09 Å². The van der Waals surface area contributed by atoms with Crippen LogP contribution >= 0.6 is 24.0 Å². The Labute approximate surface area is 159 Å². The quantitative estimate of drug-likeness (QED) is 0.259. The summed E-state index contributed by atoms with van der Waals surface area (Å²) in [6.07, 6.45) is -0.442. The minimum Gasteiger partial charge on any atom is -0.444 e. The molecule has 0 fully saturated rings. The number of nitrogens with one attached hydrogen (secondary N) is 3. The molecule has 3 N–H and O–H groups in total. The molecule has 1 aromatic heterocycles. The van der Waals surface area contributed by atoms with Gasteiger partial charge in [0.1, 0.15) is 12.1 Å². The molecule has 0 aliphatic rings. The number of nitrogens with zero attached hydrogens (tertiary/aromatic N) is 3. The second-order valence-electron chi connectivity index (χ2n) is 5.79. The highest BCUT2D eigenvalue weighted by Gasteiger charge is 2.15. The van der Waals surface area contributed by atoms with Crippen molar-refractivity contribution < 1.29 is 14.1 Å². The first kappa shape index (κ1) is 22.4. The fraction of sp³-hybridized carbons (Fsp3) is 0.714. The summed E-state index contributed by atoms with van der Waals surface area (Å²) in [6.45, 7) is 11.1. The molecule has 1 aromatic rings. The maximum Gasteiger partial charge on any atom is 0.407 e. The van der Waals surface area contributed by atoms with Gasteiger partial charge in [0.15, 0.2) is 11.8 Å². The van der Waals surface area contributed by atoms with E-state index in [9.17, 15) is 4.79 Å². The highest BCUT2D eigenvalue weighted by molar-refractivity contribution is 14.0. The number of guanidine groups is 1. The van der Waals surface area contributed by atoms with Gasteiger partial charge in [-0.3, -0.25) is 0 Å². The van der Waals surface area contributed by atoms with Crippen molar-refractivity contribution in [1.29, 1.82) is 0 Å². The Balaban J connectivity index is 0.00000529. The number of ether oxygens (including phenoxy) is 1. The van der Waals surface area contributed by atoms with Crippen LogP contribution in [0.2, 0.25) is 0 Å². The number of carbonyl (C=O) groups excluding carboxylic acids is 1. The maximum atomic E-state index is 11.5. The van der Waals surface area contributed by atoms with E-state index in [0.29, 0.717) is 37.3 Å². The number of hydrogen-bond donors (Lipinski definition) is 3. The lowest BCUT2D eigenvalue weighted by Crippen LogP contribution is -2.42. The van der Waals surface area contributed by atoms with E-state index in [1.165, 1.54) is 0 Å². The lowest BCUT2D eigenvalue weighted by atomic mass is 10.2. The van der Waals surface area contributed by atoms with Crippen molar-refractivity contribution in [3.05, 3.63) is 11.7 Å². The molecule has 0 aliphatic carbocycles. The molecule has 0 unspecified atom stereocenters. The number of amides is 1. The number of aryl methyl sites for hydroxylation is 1. The van der Waals surface area contributed by atoms with Crippen LogP contribution in [-0.2, 0) is 11.3 Å². The van der Waals surface area contributed by atoms with Gasteiger partial charge < -0.3 is 25.2 Å². The molecule has 0 radical (unpaired) electrons. The zero-order chi connectivity index (χ0) is 17.3. The predicted molar refractivity (Wildman–Crippen MR) is 102 cm³/mol. The molecule has 0 aromatic carbocycles. The van der Waals surface area contributed by atoms with Crippen LogP contribution < -0.4 is 16.0 Å². The summed E-state index contributed by atoms with van der Waals surface area (Å²) >= 11 is 0. The SMILES string of the molecule is CCNC(=NCc1nc(C)no1)NCCNC(=O)OC(C)(C)C.I. The first-order chi connectivity index (χ1) is 10.8. The van der Waals surface area contributed by atoms with Crippen molar-refractivity contribution in [3.63, 3.8) is 0 Å². The van der Waals surface area contributed by atoms with E-state index in [-0.39, 0.29) is 30.5 Å². The number of alkyl carbamates (subject to hydrolysis) is 1. The molecule has 1 heterocycles. The number of aliphatic imine (C=N–C) groups is 1. The number of hydrogen-bond acceptors (Lipinski definition) is 6. The third-order valence-electron chi connectivity index (χ3n) is 2.37. The highest BCUT2D eigenvalue weighted by atomic mass is 127. The molecule has 0 saturated heterocycles. The number of carbonyl (C=O) groups is 1. The molecule has 0 aliphatic heterocycles. The van der Waals surface area contributed by atoms with E-state index in [2.05, 4.69) is 31.1 Å². The summed E-state index contributed by atoms with van der Waals surface area (Å²) in [4.78, 5) is 19.9. The van der Waals surface area contributed by atoms with E-state index < -0.39 is 11.7 Å². The zero-order valence-corrected chi connectivity index (χ0v) is 17.1. The van der Waals surface area contributed by atoms with Gasteiger partial charge in [-0.1, -0.05) is 5.16 Å². The average molecular weight is 454 g/mol. The summed E-state index contributed by atoms with van der Waals surface area (Å²) in [7, 11) is 0. The Morgan fingerprint density at radius 3 is 2.46 bits per heavy atom. The standard InChI is InChI=1S/C14H26N6O3.HI/c1-6-15-12(18-9-11-19-10(2)20-23-11)16-7-8-17-13(21)22-14(3,4)5;/h6-9H2,1-5H3,(H,17,21)(H2,15,16,18);1H. The lowest BCUT2D eigenvalue weighted by Gasteiger charge is -2.19. The Morgan fingerprint density at radius 1 is 1.25 bits per heavy atom. The maximum absolute atomic E-state index is 11.5. The van der Waals surface area contributed by atoms with Crippen molar-refractivity contribution in [2.75, 3.05) is 19.6 Å². The molecule has 0 bridgehead atoms. The van der Waals surface area contributed by atoms with Gasteiger partial charge in [-0.15, -0.1) is 24.0 Å². The van der Waals surface area contributed by atoms with Gasteiger partial charge in [0, 0.05) is 19.6 Å². The monoisotopic (exact) mass is 454 g/mol. The normalized spacial score (nSPS) is 11.5. The third kappa shape index (κ3) is 10.2. The molecular formula is C14H27IN6O3. The molecule has 24 heavy (non-hydrogen) atoms. The van der Waals surface area contributed by atoms with Crippen LogP contribution in [0.25, 0.3) is 0 Å². The van der Waals surface area contributed by atoms with Crippen LogP contribution in [0.4, 0.5) is 4.79 Å². The van der Waals surface area contributed by atoms with Crippen molar-refractivity contribution in [2.24, 2.45) is 4.99 Å². The summed E-state index contributed by atoms with van der Waals surface area (Å²) < 4.78 is 10.1. The van der Waals surface area contributed by atoms with Gasteiger partial charge in [-0.05, 0) is 34.6 Å². The van der Waals surface area contributed by atoms with Crippen LogP contribution in [0, 0.1) is 6.92 Å². The van der Waals surface area contributed by atoms with Gasteiger partial charge in [-0.2, -0.15) is 4.98 Å². The van der Waals surface area contributed by atoms with Gasteiger partial charge in [0.05, 0.1) is 0 Å². The second kappa shape index (κ2) is 11.0. The van der Waals surface area contributed by atoms with E-state index in [1.807, 2.05) is 27.7 Å². The first-order valence-corrected chi connectivity index (χ1v) is 7.58. The molecule has 1 amide bonds. The smallest absolute Gasteiger partial charge is 0.407 e. The van der Waals surface area contributed by atoms with Crippen LogP contribution in [0.3, 0.4) is 0 Å². The lowest BCUT2D eigenvalue weighted by molar-refractivity contribution is 0.0529. The Kier molecular flexibility index (Phi) is 10.3. The zero-order valence-electron chi connectivity index (χ0n) is 14.8. The highest BCUT2D eigenvalue weighted by Crippen LogP contribution is 2.05. The molecule has 0 spiro atoms. The molecule has 138 valence electrons. The Bertz CT molecular complexity index is 527. The van der Waals surface area contributed by atoms with Crippen molar-refractivity contribution in [2.45, 2.75) is 46.8 Å². The van der Waals surface area contributed by atoms with Crippen LogP contribution in [0.5, 0.6) is 0 Å². The summed E-state index contributed by atoms with van der Waals surface area (Å²) in [5, 5.41) is 12.6. The first-order valence-electron chi connectivity index (χ1n) is 7.58. The van der Waals surface area contributed by atoms with E-state index in [1.54, 1.807) is 6.92 Å². The number of aromatic nitrogens is 2. The van der Waals surface area contributed by atoms with Gasteiger partial charge in [0.25, 0.3) is 0 Å². The largest absolute Gasteiger partial charge is 0.444 e. The molecular weight excluding hydrogens is 427 g/mol. The number of rotatable bonds is 6. The fourth-order valence-electron chi connectivity index (χ4n) is 1.55. The minimum atomic E-state index is -0.504. The van der Waals surface area contributed by atoms with Crippen molar-refractivity contribution in [1.82, 2.24) is 26.1 Å². The third-order valence-corrected chi connectivity index (χ3v) is 2.37. The average Bonchev–Trinajstić information content (AvgIpc) is 2.84. The molecule has 0 atom stereocenters. The molecule has 10 heteroatoms. The van der Waals surface area contributed by atoms with Crippen LogP contribution in [0.1, 0.15) is 39.4 Å². The van der Waals surface area contributed by atoms with Crippen LogP contribution in [0.15, 0.2) is 9.52 Å². The fourth-order valence-corrected chi connectivity index (χ4v) is 1.55. The van der Waals surface area contributed by atoms with E-state index in [0.717, 1.165) is 0 Å². The summed E-state index contributed by atoms with van der Waals surface area (Å²) in [5.74, 6) is 1.63. The molecule has 9 nitrogen and oxygen atoms in total. The van der Waals surface area contributed by atoms with E-state index in [4.69, 9.17) is 9.26 Å². The second-order valence-corrected chi connectivity index (χ2v) is 5.79. The predicted octanol–water partition coefficient (Wildman–Crippen LogP) is 1.58. The Hall–Kier alpha value is -1.59. The van der Waals surface area contributed by atoms with Crippen LogP contribution in [-0.4, -0.2) is 47.4 Å². The van der Waals surface area contributed by atoms with Gasteiger partial charge in [-0.25, -0.2) is 9.79 Å². The topological polar surface area (TPSA) is 114 Å². The Morgan fingerprint density at radius 2 is 1.92 bits per heavy atom. The summed E-state index contributed by atoms with van der Waals surface area (Å²) in [5.41, 5.74) is -0.504. The molecule has 0 saturated carbocycles. The molecule has 1 rings (SSSR count). The summed E-state index contributed by atoms with van der Waals surface area (Å²) in [6, 6.07) is 0.